The van der Waals surface area contributed by atoms with Gasteiger partial charge in [0.25, 0.3) is 0 Å². The van der Waals surface area contributed by atoms with E-state index in [9.17, 15) is 0 Å². The highest BCUT2D eigenvalue weighted by Crippen LogP contribution is 2.25. The van der Waals surface area contributed by atoms with Crippen LogP contribution in [0.15, 0.2) is 30.4 Å². The number of methoxy groups -OCH3 is 2. The van der Waals surface area contributed by atoms with Gasteiger partial charge in [-0.15, -0.1) is 6.58 Å². The summed E-state index contributed by atoms with van der Waals surface area (Å²) in [6.45, 7) is 5.93. The van der Waals surface area contributed by atoms with E-state index in [-0.39, 0.29) is 0 Å². The van der Waals surface area contributed by atoms with Crippen molar-refractivity contribution in [2.45, 2.75) is 19.8 Å². The van der Waals surface area contributed by atoms with Crippen LogP contribution in [0.25, 0.3) is 0 Å². The molecular formula is C13H18O2. The van der Waals surface area contributed by atoms with Crippen molar-refractivity contribution in [3.05, 3.63) is 35.9 Å². The molecule has 0 radical (unpaired) electrons. The van der Waals surface area contributed by atoms with Gasteiger partial charge in [0.1, 0.15) is 11.5 Å². The van der Waals surface area contributed by atoms with Crippen molar-refractivity contribution in [3.63, 3.8) is 0 Å². The van der Waals surface area contributed by atoms with Crippen molar-refractivity contribution < 1.29 is 9.47 Å². The maximum Gasteiger partial charge on any atom is 0.122 e. The Hall–Kier alpha value is -1.44. The first-order chi connectivity index (χ1) is 7.17. The number of aryl methyl sites for hydroxylation is 1. The number of allylic oxidation sites excluding steroid dienone is 1. The van der Waals surface area contributed by atoms with Crippen molar-refractivity contribution in [2.75, 3.05) is 14.2 Å². The molecule has 1 aromatic carbocycles. The van der Waals surface area contributed by atoms with Crippen LogP contribution in [0, 0.1) is 0 Å². The summed E-state index contributed by atoms with van der Waals surface area (Å²) in [5.74, 6) is 1.78. The predicted octanol–water partition coefficient (Wildman–Crippen LogP) is 3.21. The molecule has 0 aromatic heterocycles. The molecule has 0 heterocycles. The predicted molar refractivity (Wildman–Crippen MR) is 62.7 cm³/mol. The summed E-state index contributed by atoms with van der Waals surface area (Å²) in [5.41, 5.74) is 2.35. The largest absolute Gasteiger partial charge is 0.497 e. The van der Waals surface area contributed by atoms with Crippen LogP contribution in [0.4, 0.5) is 0 Å². The Morgan fingerprint density at radius 3 is 2.53 bits per heavy atom. The zero-order valence-electron chi connectivity index (χ0n) is 9.67. The number of hydrogen-bond acceptors (Lipinski definition) is 2. The summed E-state index contributed by atoms with van der Waals surface area (Å²) in [4.78, 5) is 0. The molecule has 15 heavy (non-hydrogen) atoms. The zero-order valence-corrected chi connectivity index (χ0v) is 9.67. The third kappa shape index (κ3) is 3.31. The van der Waals surface area contributed by atoms with Crippen LogP contribution in [0.5, 0.6) is 11.5 Å². The Kier molecular flexibility index (Phi) is 4.22. The van der Waals surface area contributed by atoms with Crippen molar-refractivity contribution in [3.8, 4) is 11.5 Å². The van der Waals surface area contributed by atoms with Gasteiger partial charge >= 0.3 is 0 Å². The summed E-state index contributed by atoms with van der Waals surface area (Å²) in [7, 11) is 3.36. The fraction of sp³-hybridized carbons (Fsp3) is 0.385. The molecule has 0 unspecified atom stereocenters. The van der Waals surface area contributed by atoms with Crippen molar-refractivity contribution in [1.29, 1.82) is 0 Å². The summed E-state index contributed by atoms with van der Waals surface area (Å²) in [6.07, 6.45) is 1.92. The highest BCUT2D eigenvalue weighted by molar-refractivity contribution is 5.40. The molecule has 0 saturated heterocycles. The van der Waals surface area contributed by atoms with E-state index in [1.807, 2.05) is 25.1 Å². The summed E-state index contributed by atoms with van der Waals surface area (Å²) >= 11 is 0. The standard InChI is InChI=1S/C13H18O2/c1-10(2)5-6-11-9-12(14-3)7-8-13(11)15-4/h7-9H,1,5-6H2,2-4H3. The second-order valence-electron chi connectivity index (χ2n) is 3.63. The van der Waals surface area contributed by atoms with Crippen LogP contribution < -0.4 is 9.47 Å². The van der Waals surface area contributed by atoms with Gasteiger partial charge < -0.3 is 9.47 Å². The van der Waals surface area contributed by atoms with E-state index >= 15 is 0 Å². The molecule has 0 saturated carbocycles. The minimum atomic E-state index is 0.868. The smallest absolute Gasteiger partial charge is 0.122 e. The molecule has 0 bridgehead atoms. The van der Waals surface area contributed by atoms with Crippen LogP contribution in [0.3, 0.4) is 0 Å². The van der Waals surface area contributed by atoms with Crippen molar-refractivity contribution >= 4 is 0 Å². The van der Waals surface area contributed by atoms with Crippen LogP contribution in [0.1, 0.15) is 18.9 Å². The van der Waals surface area contributed by atoms with Gasteiger partial charge in [0.05, 0.1) is 14.2 Å². The first kappa shape index (κ1) is 11.6. The minimum absolute atomic E-state index is 0.868. The first-order valence-electron chi connectivity index (χ1n) is 5.02. The molecule has 1 rings (SSSR count). The fourth-order valence-electron chi connectivity index (χ4n) is 1.43. The molecule has 0 fully saturated rings. The first-order valence-corrected chi connectivity index (χ1v) is 5.02. The summed E-state index contributed by atoms with van der Waals surface area (Å²) in [6, 6.07) is 5.86. The SMILES string of the molecule is C=C(C)CCc1cc(OC)ccc1OC. The van der Waals surface area contributed by atoms with E-state index in [2.05, 4.69) is 6.58 Å². The third-order valence-corrected chi connectivity index (χ3v) is 2.31. The summed E-state index contributed by atoms with van der Waals surface area (Å²) < 4.78 is 10.5. The van der Waals surface area contributed by atoms with E-state index < -0.39 is 0 Å². The molecule has 0 spiro atoms. The van der Waals surface area contributed by atoms with Crippen molar-refractivity contribution in [2.24, 2.45) is 0 Å². The molecule has 0 amide bonds. The number of rotatable bonds is 5. The van der Waals surface area contributed by atoms with Crippen LogP contribution in [0.2, 0.25) is 0 Å². The Morgan fingerprint density at radius 1 is 1.27 bits per heavy atom. The van der Waals surface area contributed by atoms with E-state index in [1.54, 1.807) is 14.2 Å². The molecule has 2 heteroatoms. The van der Waals surface area contributed by atoms with Crippen molar-refractivity contribution in [1.82, 2.24) is 0 Å². The van der Waals surface area contributed by atoms with Gasteiger partial charge in [-0.3, -0.25) is 0 Å². The molecule has 0 aliphatic carbocycles. The van der Waals surface area contributed by atoms with Crippen LogP contribution in [-0.2, 0) is 6.42 Å². The van der Waals surface area contributed by atoms with Gasteiger partial charge in [-0.05, 0) is 43.5 Å². The lowest BCUT2D eigenvalue weighted by molar-refractivity contribution is 0.398. The second-order valence-corrected chi connectivity index (χ2v) is 3.63. The minimum Gasteiger partial charge on any atom is -0.497 e. The lowest BCUT2D eigenvalue weighted by atomic mass is 10.1. The van der Waals surface area contributed by atoms with Gasteiger partial charge in [0.2, 0.25) is 0 Å². The lowest BCUT2D eigenvalue weighted by Gasteiger charge is -2.10. The summed E-state index contributed by atoms with van der Waals surface area (Å²) in [5, 5.41) is 0. The van der Waals surface area contributed by atoms with Gasteiger partial charge in [0.15, 0.2) is 0 Å². The molecule has 0 atom stereocenters. The second kappa shape index (κ2) is 5.44. The fourth-order valence-corrected chi connectivity index (χ4v) is 1.43. The Labute approximate surface area is 91.5 Å². The maximum atomic E-state index is 5.29. The molecular weight excluding hydrogens is 188 g/mol. The molecule has 0 N–H and O–H groups in total. The maximum absolute atomic E-state index is 5.29. The van der Waals surface area contributed by atoms with Crippen LogP contribution in [-0.4, -0.2) is 14.2 Å². The molecule has 1 aromatic rings. The molecule has 82 valence electrons. The number of hydrogen-bond donors (Lipinski definition) is 0. The zero-order chi connectivity index (χ0) is 11.3. The Balaban J connectivity index is 2.85. The van der Waals surface area contributed by atoms with E-state index in [0.717, 1.165) is 24.3 Å². The van der Waals surface area contributed by atoms with Gasteiger partial charge in [-0.2, -0.15) is 0 Å². The average molecular weight is 206 g/mol. The lowest BCUT2D eigenvalue weighted by Crippen LogP contribution is -1.94. The van der Waals surface area contributed by atoms with Gasteiger partial charge in [-0.1, -0.05) is 5.57 Å². The van der Waals surface area contributed by atoms with Crippen LogP contribution >= 0.6 is 0 Å². The molecule has 0 aliphatic rings. The van der Waals surface area contributed by atoms with Gasteiger partial charge in [0, 0.05) is 0 Å². The average Bonchev–Trinajstić information content (AvgIpc) is 2.25. The van der Waals surface area contributed by atoms with E-state index in [4.69, 9.17) is 9.47 Å². The van der Waals surface area contributed by atoms with E-state index in [1.165, 1.54) is 11.1 Å². The quantitative estimate of drug-likeness (QED) is 0.689. The topological polar surface area (TPSA) is 18.5 Å². The number of ether oxygens (including phenoxy) is 2. The highest BCUT2D eigenvalue weighted by atomic mass is 16.5. The third-order valence-electron chi connectivity index (χ3n) is 2.31. The molecule has 0 aliphatic heterocycles. The van der Waals surface area contributed by atoms with Gasteiger partial charge in [-0.25, -0.2) is 0 Å². The molecule has 2 nitrogen and oxygen atoms in total. The Bertz CT molecular complexity index is 342. The monoisotopic (exact) mass is 206 g/mol. The van der Waals surface area contributed by atoms with E-state index in [0.29, 0.717) is 0 Å². The highest BCUT2D eigenvalue weighted by Gasteiger charge is 2.04. The normalized spacial score (nSPS) is 9.80. The Morgan fingerprint density at radius 2 is 2.00 bits per heavy atom. The number of benzene rings is 1.